The maximum atomic E-state index is 11.7. The van der Waals surface area contributed by atoms with Gasteiger partial charge < -0.3 is 9.47 Å². The lowest BCUT2D eigenvalue weighted by Crippen LogP contribution is -2.34. The van der Waals surface area contributed by atoms with Crippen molar-refractivity contribution in [3.63, 3.8) is 0 Å². The van der Waals surface area contributed by atoms with Crippen LogP contribution in [0.15, 0.2) is 0 Å². The summed E-state index contributed by atoms with van der Waals surface area (Å²) in [6, 6.07) is 0. The van der Waals surface area contributed by atoms with Gasteiger partial charge in [0.1, 0.15) is 5.60 Å². The van der Waals surface area contributed by atoms with Crippen LogP contribution in [0.25, 0.3) is 0 Å². The van der Waals surface area contributed by atoms with Crippen LogP contribution in [-0.2, 0) is 14.3 Å². The minimum Gasteiger partial charge on any atom is -0.384 e. The van der Waals surface area contributed by atoms with Gasteiger partial charge in [0.05, 0.1) is 12.7 Å². The molecule has 0 saturated heterocycles. The van der Waals surface area contributed by atoms with E-state index in [0.29, 0.717) is 18.5 Å². The molecule has 0 amide bonds. The zero-order valence-electron chi connectivity index (χ0n) is 9.04. The fourth-order valence-corrected chi connectivity index (χ4v) is 1.87. The van der Waals surface area contributed by atoms with E-state index in [2.05, 4.69) is 0 Å². The predicted molar refractivity (Wildman–Crippen MR) is 57.5 cm³/mol. The molecule has 1 aliphatic rings. The van der Waals surface area contributed by atoms with Crippen molar-refractivity contribution in [3.05, 3.63) is 0 Å². The van der Waals surface area contributed by atoms with Gasteiger partial charge in [0.15, 0.2) is 0 Å². The van der Waals surface area contributed by atoms with E-state index in [0.717, 1.165) is 12.8 Å². The van der Waals surface area contributed by atoms with Crippen LogP contribution in [0.4, 0.5) is 0 Å². The Kier molecular flexibility index (Phi) is 4.41. The minimum absolute atomic E-state index is 0.0986. The number of thioether (sulfide) groups is 1. The van der Waals surface area contributed by atoms with E-state index >= 15 is 0 Å². The molecule has 1 rings (SSSR count). The SMILES string of the molecule is COCCSC(=O)C(C)(C)OC1CC1. The lowest BCUT2D eigenvalue weighted by atomic mass is 10.2. The van der Waals surface area contributed by atoms with Crippen molar-refractivity contribution in [1.29, 1.82) is 0 Å². The fraction of sp³-hybridized carbons (Fsp3) is 0.900. The summed E-state index contributed by atoms with van der Waals surface area (Å²) in [5, 5.41) is 0.0986. The van der Waals surface area contributed by atoms with Crippen molar-refractivity contribution in [3.8, 4) is 0 Å². The van der Waals surface area contributed by atoms with Crippen molar-refractivity contribution in [2.24, 2.45) is 0 Å². The van der Waals surface area contributed by atoms with Gasteiger partial charge in [-0.2, -0.15) is 0 Å². The molecule has 0 atom stereocenters. The van der Waals surface area contributed by atoms with E-state index in [1.165, 1.54) is 11.8 Å². The van der Waals surface area contributed by atoms with Gasteiger partial charge in [-0.1, -0.05) is 11.8 Å². The van der Waals surface area contributed by atoms with Crippen molar-refractivity contribution in [2.45, 2.75) is 38.4 Å². The van der Waals surface area contributed by atoms with Crippen LogP contribution in [-0.4, -0.2) is 36.3 Å². The number of methoxy groups -OCH3 is 1. The van der Waals surface area contributed by atoms with Crippen LogP contribution in [0, 0.1) is 0 Å². The van der Waals surface area contributed by atoms with Gasteiger partial charge in [0.2, 0.25) is 5.12 Å². The fourth-order valence-electron chi connectivity index (χ4n) is 1.04. The molecule has 0 aromatic carbocycles. The van der Waals surface area contributed by atoms with Gasteiger partial charge in [0.25, 0.3) is 0 Å². The van der Waals surface area contributed by atoms with Gasteiger partial charge in [-0.15, -0.1) is 0 Å². The monoisotopic (exact) mass is 218 g/mol. The summed E-state index contributed by atoms with van der Waals surface area (Å²) >= 11 is 1.29. The first-order valence-electron chi connectivity index (χ1n) is 4.90. The first-order valence-corrected chi connectivity index (χ1v) is 5.89. The maximum Gasteiger partial charge on any atom is 0.220 e. The quantitative estimate of drug-likeness (QED) is 0.637. The molecule has 0 spiro atoms. The van der Waals surface area contributed by atoms with Gasteiger partial charge in [0, 0.05) is 12.9 Å². The molecule has 0 heterocycles. The van der Waals surface area contributed by atoms with E-state index in [-0.39, 0.29) is 5.12 Å². The van der Waals surface area contributed by atoms with Crippen molar-refractivity contribution >= 4 is 16.9 Å². The van der Waals surface area contributed by atoms with E-state index in [1.54, 1.807) is 7.11 Å². The van der Waals surface area contributed by atoms with Crippen LogP contribution in [0.1, 0.15) is 26.7 Å². The molecule has 0 N–H and O–H groups in total. The molecule has 1 aliphatic carbocycles. The van der Waals surface area contributed by atoms with Crippen LogP contribution in [0.2, 0.25) is 0 Å². The second-order valence-electron chi connectivity index (χ2n) is 3.96. The summed E-state index contributed by atoms with van der Waals surface area (Å²) in [6.07, 6.45) is 2.51. The Bertz CT molecular complexity index is 200. The number of carbonyl (C=O) groups is 1. The van der Waals surface area contributed by atoms with Crippen LogP contribution in [0.3, 0.4) is 0 Å². The third kappa shape index (κ3) is 3.98. The molecule has 3 nitrogen and oxygen atoms in total. The first-order chi connectivity index (χ1) is 6.56. The van der Waals surface area contributed by atoms with Gasteiger partial charge >= 0.3 is 0 Å². The standard InChI is InChI=1S/C10H18O3S/c1-10(2,13-8-4-5-8)9(11)14-7-6-12-3/h8H,4-7H2,1-3H3. The number of carbonyl (C=O) groups excluding carboxylic acids is 1. The third-order valence-electron chi connectivity index (χ3n) is 2.00. The Labute approximate surface area is 89.5 Å². The molecule has 82 valence electrons. The Morgan fingerprint density at radius 3 is 2.64 bits per heavy atom. The molecule has 14 heavy (non-hydrogen) atoms. The molecule has 0 aliphatic heterocycles. The second-order valence-corrected chi connectivity index (χ2v) is 5.02. The number of hydrogen-bond donors (Lipinski definition) is 0. The van der Waals surface area contributed by atoms with Crippen molar-refractivity contribution in [2.75, 3.05) is 19.5 Å². The summed E-state index contributed by atoms with van der Waals surface area (Å²) in [5.74, 6) is 0.701. The lowest BCUT2D eigenvalue weighted by molar-refractivity contribution is -0.132. The van der Waals surface area contributed by atoms with Gasteiger partial charge in [-0.05, 0) is 26.7 Å². The van der Waals surface area contributed by atoms with Crippen LogP contribution >= 0.6 is 11.8 Å². The highest BCUT2D eigenvalue weighted by Crippen LogP contribution is 2.31. The highest BCUT2D eigenvalue weighted by molar-refractivity contribution is 8.13. The van der Waals surface area contributed by atoms with Crippen LogP contribution < -0.4 is 0 Å². The number of rotatable bonds is 6. The normalized spacial score (nSPS) is 17.1. The van der Waals surface area contributed by atoms with E-state index in [9.17, 15) is 4.79 Å². The summed E-state index contributed by atoms with van der Waals surface area (Å²) in [7, 11) is 1.64. The summed E-state index contributed by atoms with van der Waals surface area (Å²) in [4.78, 5) is 11.7. The molecular weight excluding hydrogens is 200 g/mol. The van der Waals surface area contributed by atoms with Gasteiger partial charge in [-0.3, -0.25) is 4.79 Å². The van der Waals surface area contributed by atoms with E-state index < -0.39 is 5.60 Å². The first kappa shape index (κ1) is 12.0. The highest BCUT2D eigenvalue weighted by atomic mass is 32.2. The smallest absolute Gasteiger partial charge is 0.220 e. The highest BCUT2D eigenvalue weighted by Gasteiger charge is 2.35. The molecule has 0 unspecified atom stereocenters. The summed E-state index contributed by atoms with van der Waals surface area (Å²) in [6.45, 7) is 4.29. The molecule has 1 fully saturated rings. The Balaban J connectivity index is 2.25. The Morgan fingerprint density at radius 1 is 1.50 bits per heavy atom. The van der Waals surface area contributed by atoms with Gasteiger partial charge in [-0.25, -0.2) is 0 Å². The third-order valence-corrected chi connectivity index (χ3v) is 3.12. The van der Waals surface area contributed by atoms with E-state index in [1.807, 2.05) is 13.8 Å². The average molecular weight is 218 g/mol. The molecular formula is C10H18O3S. The van der Waals surface area contributed by atoms with Crippen molar-refractivity contribution < 1.29 is 14.3 Å². The Hall–Kier alpha value is -0.0600. The molecule has 1 saturated carbocycles. The zero-order chi connectivity index (χ0) is 10.6. The average Bonchev–Trinajstić information content (AvgIpc) is 2.88. The molecule has 4 heteroatoms. The lowest BCUT2D eigenvalue weighted by Gasteiger charge is -2.22. The van der Waals surface area contributed by atoms with Crippen LogP contribution in [0.5, 0.6) is 0 Å². The Morgan fingerprint density at radius 2 is 2.14 bits per heavy atom. The predicted octanol–water partition coefficient (Wildman–Crippen LogP) is 1.85. The van der Waals surface area contributed by atoms with E-state index in [4.69, 9.17) is 9.47 Å². The number of hydrogen-bond acceptors (Lipinski definition) is 4. The molecule has 0 bridgehead atoms. The van der Waals surface area contributed by atoms with Crippen molar-refractivity contribution in [1.82, 2.24) is 0 Å². The maximum absolute atomic E-state index is 11.7. The second kappa shape index (κ2) is 5.14. The summed E-state index contributed by atoms with van der Waals surface area (Å²) < 4.78 is 10.5. The zero-order valence-corrected chi connectivity index (χ0v) is 9.86. The summed E-state index contributed by atoms with van der Waals surface area (Å²) in [5.41, 5.74) is -0.639. The largest absolute Gasteiger partial charge is 0.384 e. The topological polar surface area (TPSA) is 35.5 Å². The molecule has 0 aromatic rings. The minimum atomic E-state index is -0.639. The number of ether oxygens (including phenoxy) is 2. The molecule has 0 aromatic heterocycles. The molecule has 0 radical (unpaired) electrons.